The van der Waals surface area contributed by atoms with Crippen LogP contribution in [0.1, 0.15) is 0 Å². The van der Waals surface area contributed by atoms with E-state index in [2.05, 4.69) is 30.7 Å². The predicted octanol–water partition coefficient (Wildman–Crippen LogP) is 1.55. The number of hydrogen-bond acceptors (Lipinski definition) is 7. The van der Waals surface area contributed by atoms with E-state index in [1.54, 1.807) is 31.3 Å². The number of rotatable bonds is 4. The molecule has 0 bridgehead atoms. The molecule has 0 aliphatic rings. The lowest BCUT2D eigenvalue weighted by molar-refractivity contribution is 0.210. The summed E-state index contributed by atoms with van der Waals surface area (Å²) in [5.74, 6) is 1.05. The Labute approximate surface area is 129 Å². The molecule has 0 aliphatic carbocycles. The summed E-state index contributed by atoms with van der Waals surface area (Å²) >= 11 is 0. The van der Waals surface area contributed by atoms with Gasteiger partial charge in [0.15, 0.2) is 0 Å². The van der Waals surface area contributed by atoms with Crippen LogP contribution in [-0.4, -0.2) is 41.4 Å². The average molecular weight is 313 g/mol. The van der Waals surface area contributed by atoms with E-state index in [0.717, 1.165) is 0 Å². The molecule has 0 radical (unpaired) electrons. The molecule has 0 fully saturated rings. The Morgan fingerprint density at radius 3 is 2.91 bits per heavy atom. The van der Waals surface area contributed by atoms with E-state index in [0.29, 0.717) is 23.0 Å². The van der Waals surface area contributed by atoms with Crippen LogP contribution in [0.15, 0.2) is 36.7 Å². The van der Waals surface area contributed by atoms with Crippen LogP contribution in [0, 0.1) is 0 Å². The lowest BCUT2D eigenvalue weighted by Crippen LogP contribution is -2.06. The molecular weight excluding hydrogens is 302 g/mol. The summed E-state index contributed by atoms with van der Waals surface area (Å²) in [6.45, 7) is 0. The Hall–Kier alpha value is -3.56. The molecule has 3 aromatic rings. The van der Waals surface area contributed by atoms with Crippen LogP contribution in [0.25, 0.3) is 11.5 Å². The highest BCUT2D eigenvalue weighted by Crippen LogP contribution is 2.24. The molecule has 0 unspecified atom stereocenters. The van der Waals surface area contributed by atoms with Crippen molar-refractivity contribution in [3.63, 3.8) is 0 Å². The van der Waals surface area contributed by atoms with Gasteiger partial charge in [0.25, 0.3) is 0 Å². The molecule has 23 heavy (non-hydrogen) atoms. The number of benzene rings is 1. The van der Waals surface area contributed by atoms with Gasteiger partial charge in [-0.2, -0.15) is 4.80 Å². The molecule has 2 N–H and O–H groups in total. The maximum atomic E-state index is 10.6. The maximum absolute atomic E-state index is 10.6. The first-order valence-electron chi connectivity index (χ1n) is 6.44. The van der Waals surface area contributed by atoms with Gasteiger partial charge < -0.3 is 9.84 Å². The zero-order chi connectivity index (χ0) is 16.2. The minimum Gasteiger partial charge on any atom is -0.465 e. The number of nitrogens with one attached hydrogen (secondary N) is 1. The van der Waals surface area contributed by atoms with Crippen molar-refractivity contribution in [2.45, 2.75) is 0 Å². The Morgan fingerprint density at radius 1 is 1.30 bits per heavy atom. The van der Waals surface area contributed by atoms with Crippen molar-refractivity contribution >= 4 is 11.8 Å². The molecule has 1 amide bonds. The van der Waals surface area contributed by atoms with Crippen molar-refractivity contribution < 1.29 is 14.6 Å². The molecule has 2 aromatic heterocycles. The highest BCUT2D eigenvalue weighted by atomic mass is 16.5. The molecule has 2 heterocycles. The van der Waals surface area contributed by atoms with Gasteiger partial charge in [0, 0.05) is 17.8 Å². The van der Waals surface area contributed by atoms with Crippen LogP contribution in [0.5, 0.6) is 11.6 Å². The third-order valence-corrected chi connectivity index (χ3v) is 2.69. The maximum Gasteiger partial charge on any atom is 0.409 e. The van der Waals surface area contributed by atoms with Crippen molar-refractivity contribution in [1.82, 2.24) is 30.2 Å². The van der Waals surface area contributed by atoms with Crippen LogP contribution < -0.4 is 10.1 Å². The van der Waals surface area contributed by atoms with Crippen molar-refractivity contribution in [1.29, 1.82) is 0 Å². The molecule has 0 aliphatic heterocycles. The van der Waals surface area contributed by atoms with Crippen molar-refractivity contribution in [3.8, 4) is 23.1 Å². The number of anilines is 1. The summed E-state index contributed by atoms with van der Waals surface area (Å²) in [4.78, 5) is 20.0. The minimum absolute atomic E-state index is 0.273. The Balaban J connectivity index is 1.82. The molecule has 3 rings (SSSR count). The second kappa shape index (κ2) is 6.05. The SMILES string of the molecule is Cn1nnc(-c2cc(Oc3cccc(NC(=O)O)c3)ncn2)n1. The molecule has 0 saturated carbocycles. The Kier molecular flexibility index (Phi) is 3.78. The van der Waals surface area contributed by atoms with E-state index in [9.17, 15) is 4.79 Å². The number of nitrogens with zero attached hydrogens (tertiary/aromatic N) is 6. The van der Waals surface area contributed by atoms with Crippen LogP contribution >= 0.6 is 0 Å². The van der Waals surface area contributed by atoms with Gasteiger partial charge in [0.2, 0.25) is 11.7 Å². The second-order valence-electron chi connectivity index (χ2n) is 4.40. The summed E-state index contributed by atoms with van der Waals surface area (Å²) in [5.41, 5.74) is 0.850. The van der Waals surface area contributed by atoms with Crippen molar-refractivity contribution in [2.75, 3.05) is 5.32 Å². The van der Waals surface area contributed by atoms with Crippen LogP contribution in [-0.2, 0) is 7.05 Å². The number of carbonyl (C=O) groups is 1. The highest BCUT2D eigenvalue weighted by molar-refractivity contribution is 5.83. The van der Waals surface area contributed by atoms with Crippen LogP contribution in [0.4, 0.5) is 10.5 Å². The standard InChI is InChI=1S/C13H11N7O3/c1-20-18-12(17-19-20)10-6-11(15-7-14-10)23-9-4-2-3-8(5-9)16-13(21)22/h2-7,16H,1H3,(H,21,22). The molecule has 116 valence electrons. The van der Waals surface area contributed by atoms with E-state index >= 15 is 0 Å². The number of hydrogen-bond donors (Lipinski definition) is 2. The molecule has 10 heteroatoms. The number of amides is 1. The smallest absolute Gasteiger partial charge is 0.409 e. The first-order chi connectivity index (χ1) is 11.1. The molecule has 0 saturated heterocycles. The van der Waals surface area contributed by atoms with Crippen molar-refractivity contribution in [3.05, 3.63) is 36.7 Å². The van der Waals surface area contributed by atoms with Gasteiger partial charge >= 0.3 is 6.09 Å². The van der Waals surface area contributed by atoms with Gasteiger partial charge in [-0.15, -0.1) is 10.2 Å². The fourth-order valence-electron chi connectivity index (χ4n) is 1.79. The van der Waals surface area contributed by atoms with Crippen molar-refractivity contribution in [2.24, 2.45) is 7.05 Å². The lowest BCUT2D eigenvalue weighted by atomic mass is 10.3. The van der Waals surface area contributed by atoms with Crippen LogP contribution in [0.2, 0.25) is 0 Å². The summed E-state index contributed by atoms with van der Waals surface area (Å²) in [6.07, 6.45) is 0.167. The summed E-state index contributed by atoms with van der Waals surface area (Å²) in [6, 6.07) is 8.04. The Bertz CT molecular complexity index is 849. The van der Waals surface area contributed by atoms with Gasteiger partial charge in [-0.1, -0.05) is 6.07 Å². The second-order valence-corrected chi connectivity index (χ2v) is 4.40. The summed E-state index contributed by atoms with van der Waals surface area (Å²) in [7, 11) is 1.65. The third kappa shape index (κ3) is 3.56. The van der Waals surface area contributed by atoms with E-state index in [4.69, 9.17) is 9.84 Å². The molecule has 0 atom stereocenters. The summed E-state index contributed by atoms with van der Waals surface area (Å²) < 4.78 is 5.60. The topological polar surface area (TPSA) is 128 Å². The Morgan fingerprint density at radius 2 is 2.17 bits per heavy atom. The van der Waals surface area contributed by atoms with Crippen LogP contribution in [0.3, 0.4) is 0 Å². The molecule has 1 aromatic carbocycles. The molecule has 10 nitrogen and oxygen atoms in total. The zero-order valence-corrected chi connectivity index (χ0v) is 11.9. The first kappa shape index (κ1) is 14.4. The largest absolute Gasteiger partial charge is 0.465 e. The normalized spacial score (nSPS) is 10.3. The van der Waals surface area contributed by atoms with Gasteiger partial charge in [-0.05, 0) is 17.3 Å². The van der Waals surface area contributed by atoms with Gasteiger partial charge in [-0.3, -0.25) is 5.32 Å². The minimum atomic E-state index is -1.15. The number of carboxylic acid groups (broad SMARTS) is 1. The van der Waals surface area contributed by atoms with Gasteiger partial charge in [-0.25, -0.2) is 14.8 Å². The zero-order valence-electron chi connectivity index (χ0n) is 11.9. The lowest BCUT2D eigenvalue weighted by Gasteiger charge is -2.07. The predicted molar refractivity (Wildman–Crippen MR) is 78.0 cm³/mol. The highest BCUT2D eigenvalue weighted by Gasteiger charge is 2.09. The van der Waals surface area contributed by atoms with E-state index < -0.39 is 6.09 Å². The summed E-state index contributed by atoms with van der Waals surface area (Å²) in [5, 5.41) is 22.6. The number of aromatic nitrogens is 6. The average Bonchev–Trinajstić information content (AvgIpc) is 2.94. The van der Waals surface area contributed by atoms with Gasteiger partial charge in [0.1, 0.15) is 17.8 Å². The van der Waals surface area contributed by atoms with E-state index in [1.807, 2.05) is 0 Å². The quantitative estimate of drug-likeness (QED) is 0.742. The first-order valence-corrected chi connectivity index (χ1v) is 6.44. The number of tetrazole rings is 1. The van der Waals surface area contributed by atoms with Gasteiger partial charge in [0.05, 0.1) is 7.05 Å². The number of aryl methyl sites for hydroxylation is 1. The monoisotopic (exact) mass is 313 g/mol. The molecular formula is C13H11N7O3. The fraction of sp³-hybridized carbons (Fsp3) is 0.0769. The molecule has 0 spiro atoms. The van der Waals surface area contributed by atoms with E-state index in [-0.39, 0.29) is 5.88 Å². The third-order valence-electron chi connectivity index (χ3n) is 2.69. The van der Waals surface area contributed by atoms with E-state index in [1.165, 1.54) is 17.2 Å². The fourth-order valence-corrected chi connectivity index (χ4v) is 1.79. The number of ether oxygens (including phenoxy) is 1.